The van der Waals surface area contributed by atoms with E-state index in [2.05, 4.69) is 0 Å². The third kappa shape index (κ3) is 28.7. The largest absolute Gasteiger partial charge is 0.488 e. The second-order valence-corrected chi connectivity index (χ2v) is 27.9. The molecule has 9 aromatic rings. The van der Waals surface area contributed by atoms with Crippen molar-refractivity contribution in [3.05, 3.63) is 316 Å². The highest BCUT2D eigenvalue weighted by Gasteiger charge is 2.51. The smallest absolute Gasteiger partial charge is 0.350 e. The second kappa shape index (κ2) is 47.0. The van der Waals surface area contributed by atoms with Gasteiger partial charge in [0, 0.05) is 6.92 Å². The number of carbonyl (C=O) groups excluding carboxylic acids is 3. The van der Waals surface area contributed by atoms with Crippen LogP contribution in [-0.2, 0) is 121 Å². The van der Waals surface area contributed by atoms with Crippen LogP contribution in [0.3, 0.4) is 0 Å². The van der Waals surface area contributed by atoms with Crippen molar-refractivity contribution in [1.29, 1.82) is 0 Å². The molecule has 0 bridgehead atoms. The Kier molecular flexibility index (Phi) is 35.5. The van der Waals surface area contributed by atoms with Crippen LogP contribution < -0.4 is 4.74 Å². The van der Waals surface area contributed by atoms with Crippen molar-refractivity contribution in [3.63, 3.8) is 0 Å². The van der Waals surface area contributed by atoms with E-state index in [9.17, 15) is 14.7 Å². The summed E-state index contributed by atoms with van der Waals surface area (Å²) in [5, 5.41) is 12.9. The Hall–Kier alpha value is -9.17. The van der Waals surface area contributed by atoms with Crippen LogP contribution in [0.15, 0.2) is 261 Å². The monoisotopic (exact) mass is 1480 g/mol. The lowest BCUT2D eigenvalue weighted by molar-refractivity contribution is -0.367. The number of rotatable bonds is 49. The van der Waals surface area contributed by atoms with Gasteiger partial charge in [-0.1, -0.05) is 325 Å². The number of aryl methyl sites for hydroxylation is 1. The maximum atomic E-state index is 15.1. The van der Waals surface area contributed by atoms with Crippen molar-refractivity contribution in [2.75, 3.05) is 6.61 Å². The second-order valence-electron chi connectivity index (χ2n) is 27.9. The molecule has 1 fully saturated rings. The molecule has 1 aliphatic rings. The van der Waals surface area contributed by atoms with Crippen LogP contribution in [0, 0.1) is 0 Å². The lowest BCUT2D eigenvalue weighted by Crippen LogP contribution is -2.63. The van der Waals surface area contributed by atoms with Gasteiger partial charge in [0.2, 0.25) is 6.10 Å². The number of hydrogen-bond donors (Lipinski definition) is 1. The molecule has 109 heavy (non-hydrogen) atoms. The van der Waals surface area contributed by atoms with E-state index in [0.717, 1.165) is 108 Å². The van der Waals surface area contributed by atoms with Crippen molar-refractivity contribution in [3.8, 4) is 5.75 Å². The van der Waals surface area contributed by atoms with Crippen LogP contribution in [-0.4, -0.2) is 91.0 Å². The lowest BCUT2D eigenvalue weighted by Gasteiger charge is -2.46. The number of esters is 3. The summed E-state index contributed by atoms with van der Waals surface area (Å²) in [4.78, 5) is 42.4. The molecule has 0 spiro atoms. The average molecular weight is 1480 g/mol. The maximum Gasteiger partial charge on any atom is 0.350 e. The number of aliphatic hydroxyl groups is 1. The van der Waals surface area contributed by atoms with Crippen LogP contribution >= 0.6 is 0 Å². The lowest BCUT2D eigenvalue weighted by atomic mass is 9.98. The fraction of sp³-hybridized carbons (Fsp3) is 0.387. The molecule has 9 aromatic carbocycles. The normalized spacial score (nSPS) is 17.0. The molecule has 1 heterocycles. The zero-order valence-electron chi connectivity index (χ0n) is 63.1. The van der Waals surface area contributed by atoms with Gasteiger partial charge in [0.15, 0.2) is 12.6 Å². The van der Waals surface area contributed by atoms with Crippen LogP contribution in [0.1, 0.15) is 164 Å². The minimum atomic E-state index is -1.72. The Morgan fingerprint density at radius 1 is 0.413 bits per heavy atom. The van der Waals surface area contributed by atoms with E-state index in [-0.39, 0.29) is 58.8 Å². The minimum Gasteiger partial charge on any atom is -0.488 e. The van der Waals surface area contributed by atoms with Gasteiger partial charge in [-0.3, -0.25) is 4.79 Å². The summed E-state index contributed by atoms with van der Waals surface area (Å²) in [6.45, 7) is 3.99. The molecule has 1 aliphatic heterocycles. The summed E-state index contributed by atoms with van der Waals surface area (Å²) in [6.07, 6.45) is 2.87. The van der Waals surface area contributed by atoms with Crippen molar-refractivity contribution >= 4 is 17.9 Å². The fourth-order valence-corrected chi connectivity index (χ4v) is 13.4. The SMILES string of the molecule is CC(=O)O[C@H](C(=O)O[C@H](C)CCCCCCCCCCCCCCCc1cccc(OCc2ccccc2)c1C(=O)OCc1ccccc1)[C@@H](OCc1ccccc1)[C@H](OCc1ccccc1)[C@@H](OCc1ccccc1)O[C@@H]1O[C@H](COCc2ccccc2)[C@@H](OCc2ccccc2)[C@H](OCc2ccccc2)[C@H]1O. The van der Waals surface area contributed by atoms with Gasteiger partial charge >= 0.3 is 17.9 Å². The maximum absolute atomic E-state index is 15.1. The van der Waals surface area contributed by atoms with E-state index >= 15 is 4.79 Å². The van der Waals surface area contributed by atoms with Gasteiger partial charge in [-0.15, -0.1) is 0 Å². The number of aliphatic hydroxyl groups excluding tert-OH is 1. The zero-order valence-corrected chi connectivity index (χ0v) is 63.1. The molecule has 1 N–H and O–H groups in total. The Balaban J connectivity index is 0.771. The molecule has 10 rings (SSSR count). The van der Waals surface area contributed by atoms with E-state index < -0.39 is 73.4 Å². The summed E-state index contributed by atoms with van der Waals surface area (Å²) < 4.78 is 79.3. The first kappa shape index (κ1) is 82.3. The van der Waals surface area contributed by atoms with Crippen molar-refractivity contribution in [2.45, 2.75) is 224 Å². The van der Waals surface area contributed by atoms with E-state index in [1.165, 1.54) is 39.0 Å². The van der Waals surface area contributed by atoms with E-state index in [4.69, 9.17) is 56.8 Å². The first-order valence-corrected chi connectivity index (χ1v) is 38.9. The number of unbranched alkanes of at least 4 members (excludes halogenated alkanes) is 12. The highest BCUT2D eigenvalue weighted by atomic mass is 16.8. The van der Waals surface area contributed by atoms with Crippen LogP contribution in [0.4, 0.5) is 0 Å². The standard InChI is InChI=1S/C93H108O16/c1-70(41-22-12-10-8-6-4-3-5-7-9-11-13-39-58-80-59-40-60-81(99-62-73-44-25-15-26-45-73)83(80)90(96)104-67-78-54-35-20-36-55-78)106-91(97)88(107-71(2)94)87(102-65-76-50-31-18-32-51-76)89(103-66-77-52-33-19-34-53-77)93(105-68-79-56-37-21-38-57-79)109-92-84(95)86(101-64-75-48-29-17-30-49-75)85(100-63-74-46-27-16-28-47-74)82(108-92)69-98-61-72-42-23-14-24-43-72/h14-21,23-38,40,42-57,59-60,70,82,84-89,92-93,95H,3-13,22,39,41,58,61-69H2,1-2H3/t70-,82-,84-,85-,86-,87-,88+,89+,92+,93+/m1/s1. The Labute approximate surface area is 644 Å². The van der Waals surface area contributed by atoms with Gasteiger partial charge in [-0.25, -0.2) is 9.59 Å². The van der Waals surface area contributed by atoms with Crippen LogP contribution in [0.5, 0.6) is 5.75 Å². The summed E-state index contributed by atoms with van der Waals surface area (Å²) in [6, 6.07) is 83.1. The molecule has 16 nitrogen and oxygen atoms in total. The molecule has 0 aliphatic carbocycles. The molecule has 0 unspecified atom stereocenters. The van der Waals surface area contributed by atoms with Gasteiger partial charge in [0.1, 0.15) is 61.2 Å². The molecule has 0 saturated carbocycles. The van der Waals surface area contributed by atoms with Crippen LogP contribution in [0.2, 0.25) is 0 Å². The van der Waals surface area contributed by atoms with Crippen molar-refractivity contribution < 1.29 is 76.3 Å². The third-order valence-corrected chi connectivity index (χ3v) is 19.2. The zero-order chi connectivity index (χ0) is 75.7. The van der Waals surface area contributed by atoms with Crippen molar-refractivity contribution in [1.82, 2.24) is 0 Å². The van der Waals surface area contributed by atoms with Crippen molar-refractivity contribution in [2.24, 2.45) is 0 Å². The molecular formula is C93H108O16. The topological polar surface area (TPSA) is 182 Å². The molecule has 0 radical (unpaired) electrons. The quantitative estimate of drug-likeness (QED) is 0.0164. The van der Waals surface area contributed by atoms with Gasteiger partial charge in [-0.05, 0) is 88.7 Å². The summed E-state index contributed by atoms with van der Waals surface area (Å²) in [5.41, 5.74) is 8.42. The average Bonchev–Trinajstić information content (AvgIpc) is 0.786. The van der Waals surface area contributed by atoms with Gasteiger partial charge in [0.05, 0.1) is 52.4 Å². The van der Waals surface area contributed by atoms with Gasteiger partial charge < -0.3 is 61.9 Å². The van der Waals surface area contributed by atoms with Crippen LogP contribution in [0.25, 0.3) is 0 Å². The Bertz CT molecular complexity index is 3950. The molecule has 576 valence electrons. The molecule has 10 atom stereocenters. The first-order valence-electron chi connectivity index (χ1n) is 38.9. The van der Waals surface area contributed by atoms with E-state index in [1.54, 1.807) is 0 Å². The Morgan fingerprint density at radius 2 is 0.817 bits per heavy atom. The molecule has 0 aromatic heterocycles. The minimum absolute atomic E-state index is 0.00590. The third-order valence-electron chi connectivity index (χ3n) is 19.2. The molecular weight excluding hydrogens is 1370 g/mol. The molecule has 1 saturated heterocycles. The number of carbonyl (C=O) groups is 3. The first-order chi connectivity index (χ1) is 53.6. The molecule has 16 heteroatoms. The number of benzene rings is 9. The summed E-state index contributed by atoms with van der Waals surface area (Å²) >= 11 is 0. The van der Waals surface area contributed by atoms with E-state index in [0.29, 0.717) is 24.3 Å². The highest BCUT2D eigenvalue weighted by molar-refractivity contribution is 5.94. The fourth-order valence-electron chi connectivity index (χ4n) is 13.4. The predicted octanol–water partition coefficient (Wildman–Crippen LogP) is 18.7. The van der Waals surface area contributed by atoms with E-state index in [1.807, 2.05) is 268 Å². The number of ether oxygens (including phenoxy) is 12. The number of hydrogen-bond acceptors (Lipinski definition) is 16. The molecule has 0 amide bonds. The summed E-state index contributed by atoms with van der Waals surface area (Å²) in [7, 11) is 0. The predicted molar refractivity (Wildman–Crippen MR) is 419 cm³/mol. The summed E-state index contributed by atoms with van der Waals surface area (Å²) in [5.74, 6) is -1.42. The Morgan fingerprint density at radius 3 is 1.29 bits per heavy atom. The van der Waals surface area contributed by atoms with Gasteiger partial charge in [0.25, 0.3) is 0 Å². The van der Waals surface area contributed by atoms with Gasteiger partial charge in [-0.2, -0.15) is 0 Å². The highest BCUT2D eigenvalue weighted by Crippen LogP contribution is 2.34.